The molecule has 0 saturated heterocycles. The van der Waals surface area contributed by atoms with E-state index in [4.69, 9.17) is 4.74 Å². The number of anilines is 1. The number of thiophene rings is 1. The van der Waals surface area contributed by atoms with E-state index in [-0.39, 0.29) is 5.91 Å². The minimum atomic E-state index is -0.0226. The standard InChI is InChI=1S/C17H22N2O2S/c1-3-19(12-14-8-7-11-22-14)13-17(20)18-15-9-5-6-10-16(15)21-4-2/h5-11H,3-4,12-13H2,1-2H3,(H,18,20). The van der Waals surface area contributed by atoms with Crippen LogP contribution in [-0.4, -0.2) is 30.5 Å². The molecule has 0 unspecified atom stereocenters. The Morgan fingerprint density at radius 1 is 1.23 bits per heavy atom. The number of carbonyl (C=O) groups is 1. The van der Waals surface area contributed by atoms with Crippen LogP contribution < -0.4 is 10.1 Å². The minimum Gasteiger partial charge on any atom is -0.492 e. The second-order valence-corrected chi connectivity index (χ2v) is 5.89. The van der Waals surface area contributed by atoms with E-state index in [0.29, 0.717) is 18.9 Å². The van der Waals surface area contributed by atoms with E-state index < -0.39 is 0 Å². The van der Waals surface area contributed by atoms with Gasteiger partial charge in [0.25, 0.3) is 0 Å². The Morgan fingerprint density at radius 2 is 2.05 bits per heavy atom. The lowest BCUT2D eigenvalue weighted by Gasteiger charge is -2.19. The number of nitrogens with zero attached hydrogens (tertiary/aromatic N) is 1. The monoisotopic (exact) mass is 318 g/mol. The van der Waals surface area contributed by atoms with Crippen LogP contribution >= 0.6 is 11.3 Å². The summed E-state index contributed by atoms with van der Waals surface area (Å²) >= 11 is 1.71. The lowest BCUT2D eigenvalue weighted by atomic mass is 10.3. The maximum Gasteiger partial charge on any atom is 0.238 e. The van der Waals surface area contributed by atoms with E-state index in [1.165, 1.54) is 4.88 Å². The summed E-state index contributed by atoms with van der Waals surface area (Å²) in [6.07, 6.45) is 0. The number of ether oxygens (including phenoxy) is 1. The maximum absolute atomic E-state index is 12.3. The predicted molar refractivity (Wildman–Crippen MR) is 91.5 cm³/mol. The Hall–Kier alpha value is -1.85. The lowest BCUT2D eigenvalue weighted by Crippen LogP contribution is -2.32. The van der Waals surface area contributed by atoms with Crippen LogP contribution in [0.15, 0.2) is 41.8 Å². The number of likely N-dealkylation sites (N-methyl/N-ethyl adjacent to an activating group) is 1. The second kappa shape index (κ2) is 8.56. The Kier molecular flexibility index (Phi) is 6.43. The predicted octanol–water partition coefficient (Wildman–Crippen LogP) is 3.61. The van der Waals surface area contributed by atoms with E-state index in [9.17, 15) is 4.79 Å². The van der Waals surface area contributed by atoms with Crippen molar-refractivity contribution in [3.8, 4) is 5.75 Å². The fourth-order valence-corrected chi connectivity index (χ4v) is 2.89. The average Bonchev–Trinajstić information content (AvgIpc) is 3.02. The molecule has 2 rings (SSSR count). The second-order valence-electron chi connectivity index (χ2n) is 4.86. The summed E-state index contributed by atoms with van der Waals surface area (Å²) in [5.41, 5.74) is 0.724. The van der Waals surface area contributed by atoms with Crippen LogP contribution in [0.2, 0.25) is 0 Å². The lowest BCUT2D eigenvalue weighted by molar-refractivity contribution is -0.117. The molecule has 0 aliphatic heterocycles. The zero-order valence-corrected chi connectivity index (χ0v) is 13.9. The number of hydrogen-bond acceptors (Lipinski definition) is 4. The third-order valence-corrected chi connectivity index (χ3v) is 4.10. The van der Waals surface area contributed by atoms with E-state index >= 15 is 0 Å². The first-order chi connectivity index (χ1) is 10.7. The topological polar surface area (TPSA) is 41.6 Å². The van der Waals surface area contributed by atoms with E-state index in [1.807, 2.05) is 37.3 Å². The molecule has 118 valence electrons. The average molecular weight is 318 g/mol. The zero-order valence-electron chi connectivity index (χ0n) is 13.0. The summed E-state index contributed by atoms with van der Waals surface area (Å²) in [4.78, 5) is 15.6. The van der Waals surface area contributed by atoms with Crippen molar-refractivity contribution >= 4 is 22.9 Å². The highest BCUT2D eigenvalue weighted by Crippen LogP contribution is 2.23. The molecule has 2 aromatic rings. The third-order valence-electron chi connectivity index (χ3n) is 3.23. The number of rotatable bonds is 8. The van der Waals surface area contributed by atoms with Crippen LogP contribution in [-0.2, 0) is 11.3 Å². The van der Waals surface area contributed by atoms with Crippen LogP contribution in [0.1, 0.15) is 18.7 Å². The number of nitrogens with one attached hydrogen (secondary N) is 1. The molecule has 0 aliphatic carbocycles. The van der Waals surface area contributed by atoms with Crippen LogP contribution in [0.3, 0.4) is 0 Å². The van der Waals surface area contributed by atoms with E-state index in [2.05, 4.69) is 28.6 Å². The van der Waals surface area contributed by atoms with Gasteiger partial charge in [-0.1, -0.05) is 25.1 Å². The molecule has 1 heterocycles. The molecule has 0 saturated carbocycles. The minimum absolute atomic E-state index is 0.0226. The summed E-state index contributed by atoms with van der Waals surface area (Å²) in [5, 5.41) is 4.99. The molecule has 0 aliphatic rings. The highest BCUT2D eigenvalue weighted by molar-refractivity contribution is 7.09. The first-order valence-corrected chi connectivity index (χ1v) is 8.37. The Bertz CT molecular complexity index is 584. The summed E-state index contributed by atoms with van der Waals surface area (Å²) in [6.45, 7) is 6.57. The summed E-state index contributed by atoms with van der Waals surface area (Å²) in [6, 6.07) is 11.6. The molecule has 4 nitrogen and oxygen atoms in total. The molecular weight excluding hydrogens is 296 g/mol. The normalized spacial score (nSPS) is 10.7. The van der Waals surface area contributed by atoms with Crippen molar-refractivity contribution in [1.29, 1.82) is 0 Å². The first kappa shape index (κ1) is 16.5. The largest absolute Gasteiger partial charge is 0.492 e. The molecule has 0 fully saturated rings. The fraction of sp³-hybridized carbons (Fsp3) is 0.353. The van der Waals surface area contributed by atoms with Crippen molar-refractivity contribution < 1.29 is 9.53 Å². The Labute approximate surface area is 135 Å². The molecule has 0 atom stereocenters. The van der Waals surface area contributed by atoms with Gasteiger partial charge in [-0.25, -0.2) is 0 Å². The number of hydrogen-bond donors (Lipinski definition) is 1. The molecule has 1 aromatic heterocycles. The van der Waals surface area contributed by atoms with Gasteiger partial charge in [-0.05, 0) is 37.0 Å². The third kappa shape index (κ3) is 4.86. The summed E-state index contributed by atoms with van der Waals surface area (Å²) in [5.74, 6) is 0.685. The number of para-hydroxylation sites is 2. The van der Waals surface area contributed by atoms with Gasteiger partial charge in [-0.3, -0.25) is 9.69 Å². The van der Waals surface area contributed by atoms with Gasteiger partial charge in [0, 0.05) is 11.4 Å². The van der Waals surface area contributed by atoms with Crippen LogP contribution in [0.5, 0.6) is 5.75 Å². The number of carbonyl (C=O) groups excluding carboxylic acids is 1. The van der Waals surface area contributed by atoms with E-state index in [1.54, 1.807) is 11.3 Å². The van der Waals surface area contributed by atoms with Gasteiger partial charge in [0.15, 0.2) is 0 Å². The van der Waals surface area contributed by atoms with Crippen molar-refractivity contribution in [2.45, 2.75) is 20.4 Å². The summed E-state index contributed by atoms with van der Waals surface area (Å²) in [7, 11) is 0. The maximum atomic E-state index is 12.3. The van der Waals surface area contributed by atoms with Gasteiger partial charge in [0.05, 0.1) is 18.8 Å². The van der Waals surface area contributed by atoms with Gasteiger partial charge in [-0.2, -0.15) is 0 Å². The first-order valence-electron chi connectivity index (χ1n) is 7.49. The molecule has 5 heteroatoms. The van der Waals surface area contributed by atoms with Crippen molar-refractivity contribution in [3.63, 3.8) is 0 Å². The van der Waals surface area contributed by atoms with Crippen LogP contribution in [0.25, 0.3) is 0 Å². The van der Waals surface area contributed by atoms with E-state index in [0.717, 1.165) is 18.8 Å². The zero-order chi connectivity index (χ0) is 15.8. The van der Waals surface area contributed by atoms with Gasteiger partial charge >= 0.3 is 0 Å². The molecule has 1 aromatic carbocycles. The Balaban J connectivity index is 1.94. The van der Waals surface area contributed by atoms with Gasteiger partial charge in [0.2, 0.25) is 5.91 Å². The smallest absolute Gasteiger partial charge is 0.238 e. The van der Waals surface area contributed by atoms with Crippen molar-refractivity contribution in [1.82, 2.24) is 4.90 Å². The highest BCUT2D eigenvalue weighted by atomic mass is 32.1. The quantitative estimate of drug-likeness (QED) is 0.808. The van der Waals surface area contributed by atoms with Crippen molar-refractivity contribution in [3.05, 3.63) is 46.7 Å². The fourth-order valence-electron chi connectivity index (χ4n) is 2.15. The molecule has 0 spiro atoms. The molecular formula is C17H22N2O2S. The molecule has 1 N–H and O–H groups in total. The number of amides is 1. The molecule has 1 amide bonds. The number of benzene rings is 1. The molecule has 0 bridgehead atoms. The van der Waals surface area contributed by atoms with Crippen LogP contribution in [0, 0.1) is 0 Å². The van der Waals surface area contributed by atoms with Gasteiger partial charge in [-0.15, -0.1) is 11.3 Å². The van der Waals surface area contributed by atoms with Crippen molar-refractivity contribution in [2.24, 2.45) is 0 Å². The molecule has 22 heavy (non-hydrogen) atoms. The van der Waals surface area contributed by atoms with Gasteiger partial charge in [0.1, 0.15) is 5.75 Å². The summed E-state index contributed by atoms with van der Waals surface area (Å²) < 4.78 is 5.53. The molecule has 0 radical (unpaired) electrons. The highest BCUT2D eigenvalue weighted by Gasteiger charge is 2.12. The van der Waals surface area contributed by atoms with Gasteiger partial charge < -0.3 is 10.1 Å². The van der Waals surface area contributed by atoms with Crippen LogP contribution in [0.4, 0.5) is 5.69 Å². The van der Waals surface area contributed by atoms with Crippen molar-refractivity contribution in [2.75, 3.05) is 25.0 Å². The SMILES string of the molecule is CCOc1ccccc1NC(=O)CN(CC)Cc1cccs1. The Morgan fingerprint density at radius 3 is 2.73 bits per heavy atom.